The van der Waals surface area contributed by atoms with Crippen molar-refractivity contribution in [3.05, 3.63) is 23.8 Å². The number of hydrogen-bond donors (Lipinski definition) is 0. The number of fused-ring (bicyclic) bond motifs is 1. The molecule has 0 atom stereocenters. The highest BCUT2D eigenvalue weighted by molar-refractivity contribution is 5.75. The van der Waals surface area contributed by atoms with E-state index in [-0.39, 0.29) is 0 Å². The van der Waals surface area contributed by atoms with Gasteiger partial charge in [0.05, 0.1) is 36.4 Å². The molecule has 5 nitrogen and oxygen atoms in total. The normalized spacial score (nSPS) is 15.0. The highest BCUT2D eigenvalue weighted by atomic mass is 16.5. The Hall–Kier alpha value is -1.93. The van der Waals surface area contributed by atoms with Crippen LogP contribution in [0.1, 0.15) is 18.4 Å². The molecule has 3 rings (SSSR count). The van der Waals surface area contributed by atoms with E-state index in [1.54, 1.807) is 10.7 Å². The fourth-order valence-corrected chi connectivity index (χ4v) is 1.74. The molecule has 1 saturated carbocycles. The zero-order valence-electron chi connectivity index (χ0n) is 9.33. The summed E-state index contributed by atoms with van der Waals surface area (Å²) in [6.07, 6.45) is 2.81. The molecule has 1 aliphatic carbocycles. The van der Waals surface area contributed by atoms with E-state index in [1.807, 2.05) is 12.1 Å². The van der Waals surface area contributed by atoms with Crippen molar-refractivity contribution in [3.63, 3.8) is 0 Å². The largest absolute Gasteiger partial charge is 0.376 e. The summed E-state index contributed by atoms with van der Waals surface area (Å²) in [7, 11) is 0. The van der Waals surface area contributed by atoms with Crippen LogP contribution in [-0.2, 0) is 11.3 Å². The monoisotopic (exact) mass is 228 g/mol. The maximum Gasteiger partial charge on any atom is 0.113 e. The molecule has 2 aromatic rings. The Morgan fingerprint density at radius 3 is 3.12 bits per heavy atom. The lowest BCUT2D eigenvalue weighted by Crippen LogP contribution is -2.08. The third-order valence-corrected chi connectivity index (χ3v) is 2.82. The van der Waals surface area contributed by atoms with Crippen molar-refractivity contribution in [2.24, 2.45) is 0 Å². The predicted octanol–water partition coefficient (Wildman–Crippen LogP) is 1.48. The second kappa shape index (κ2) is 4.15. The highest BCUT2D eigenvalue weighted by Crippen LogP contribution is 2.23. The van der Waals surface area contributed by atoms with Gasteiger partial charge in [0.15, 0.2) is 0 Å². The van der Waals surface area contributed by atoms with Gasteiger partial charge in [-0.15, -0.1) is 5.10 Å². The van der Waals surface area contributed by atoms with Gasteiger partial charge in [0.25, 0.3) is 0 Å². The maximum atomic E-state index is 8.86. The van der Waals surface area contributed by atoms with Crippen LogP contribution in [0.2, 0.25) is 0 Å². The first-order valence-electron chi connectivity index (χ1n) is 5.72. The third kappa shape index (κ3) is 2.12. The molecule has 86 valence electrons. The van der Waals surface area contributed by atoms with Gasteiger partial charge in [0.2, 0.25) is 0 Å². The van der Waals surface area contributed by atoms with E-state index in [0.717, 1.165) is 11.0 Å². The lowest BCUT2D eigenvalue weighted by molar-refractivity contribution is 0.110. The second-order valence-corrected chi connectivity index (χ2v) is 4.20. The average molecular weight is 228 g/mol. The van der Waals surface area contributed by atoms with Gasteiger partial charge in [0, 0.05) is 0 Å². The topological polar surface area (TPSA) is 63.7 Å². The van der Waals surface area contributed by atoms with Crippen LogP contribution in [0.5, 0.6) is 0 Å². The number of hydrogen-bond acceptors (Lipinski definition) is 4. The number of nitrogens with zero attached hydrogens (tertiary/aromatic N) is 4. The molecule has 0 N–H and O–H groups in total. The molecule has 0 amide bonds. The summed E-state index contributed by atoms with van der Waals surface area (Å²) < 4.78 is 7.37. The molecular formula is C12H12N4O. The van der Waals surface area contributed by atoms with E-state index < -0.39 is 0 Å². The first kappa shape index (κ1) is 10.2. The average Bonchev–Trinajstić information content (AvgIpc) is 3.10. The molecule has 1 heterocycles. The SMILES string of the molecule is N#Cc1ccc2nnn(CCOC3CC3)c2c1. The molecule has 1 aliphatic rings. The zero-order chi connectivity index (χ0) is 11.7. The Bertz CT molecular complexity index is 580. The molecular weight excluding hydrogens is 216 g/mol. The highest BCUT2D eigenvalue weighted by Gasteiger charge is 2.21. The molecule has 0 saturated heterocycles. The molecule has 1 aromatic heterocycles. The van der Waals surface area contributed by atoms with Gasteiger partial charge < -0.3 is 4.74 Å². The number of ether oxygens (including phenoxy) is 1. The van der Waals surface area contributed by atoms with Gasteiger partial charge in [-0.1, -0.05) is 5.21 Å². The summed E-state index contributed by atoms with van der Waals surface area (Å²) in [5.74, 6) is 0. The number of nitriles is 1. The van der Waals surface area contributed by atoms with E-state index in [0.29, 0.717) is 24.8 Å². The molecule has 5 heteroatoms. The van der Waals surface area contributed by atoms with E-state index in [1.165, 1.54) is 12.8 Å². The van der Waals surface area contributed by atoms with Crippen LogP contribution in [-0.4, -0.2) is 27.7 Å². The minimum absolute atomic E-state index is 0.458. The number of benzene rings is 1. The first-order valence-corrected chi connectivity index (χ1v) is 5.72. The van der Waals surface area contributed by atoms with Crippen LogP contribution >= 0.6 is 0 Å². The van der Waals surface area contributed by atoms with E-state index in [4.69, 9.17) is 10.00 Å². The summed E-state index contributed by atoms with van der Waals surface area (Å²) in [6.45, 7) is 1.34. The Kier molecular flexibility index (Phi) is 2.50. The first-order chi connectivity index (χ1) is 8.36. The van der Waals surface area contributed by atoms with E-state index in [9.17, 15) is 0 Å². The fraction of sp³-hybridized carbons (Fsp3) is 0.417. The van der Waals surface area contributed by atoms with Gasteiger partial charge in [-0.3, -0.25) is 0 Å². The lowest BCUT2D eigenvalue weighted by atomic mass is 10.2. The van der Waals surface area contributed by atoms with Crippen molar-refractivity contribution in [1.29, 1.82) is 5.26 Å². The molecule has 0 spiro atoms. The summed E-state index contributed by atoms with van der Waals surface area (Å²) >= 11 is 0. The molecule has 0 aliphatic heterocycles. The minimum atomic E-state index is 0.458. The summed E-state index contributed by atoms with van der Waals surface area (Å²) in [5, 5.41) is 17.0. The van der Waals surface area contributed by atoms with Crippen LogP contribution in [0.25, 0.3) is 11.0 Å². The fourth-order valence-electron chi connectivity index (χ4n) is 1.74. The van der Waals surface area contributed by atoms with Crippen molar-refractivity contribution < 1.29 is 4.74 Å². The van der Waals surface area contributed by atoms with Crippen molar-refractivity contribution in [3.8, 4) is 6.07 Å². The third-order valence-electron chi connectivity index (χ3n) is 2.82. The van der Waals surface area contributed by atoms with Crippen LogP contribution in [0, 0.1) is 11.3 Å². The van der Waals surface area contributed by atoms with Crippen LogP contribution in [0.15, 0.2) is 18.2 Å². The number of aromatic nitrogens is 3. The van der Waals surface area contributed by atoms with Crippen LogP contribution in [0.4, 0.5) is 0 Å². The summed E-state index contributed by atoms with van der Waals surface area (Å²) in [5.41, 5.74) is 2.34. The quantitative estimate of drug-likeness (QED) is 0.795. The van der Waals surface area contributed by atoms with Gasteiger partial charge in [-0.2, -0.15) is 5.26 Å². The van der Waals surface area contributed by atoms with Crippen molar-refractivity contribution in [2.75, 3.05) is 6.61 Å². The Labute approximate surface area is 98.6 Å². The van der Waals surface area contributed by atoms with Crippen LogP contribution < -0.4 is 0 Å². The summed E-state index contributed by atoms with van der Waals surface area (Å²) in [6, 6.07) is 7.50. The number of rotatable bonds is 4. The van der Waals surface area contributed by atoms with Crippen LogP contribution in [0.3, 0.4) is 0 Å². The van der Waals surface area contributed by atoms with Crippen molar-refractivity contribution in [1.82, 2.24) is 15.0 Å². The smallest absolute Gasteiger partial charge is 0.113 e. The second-order valence-electron chi connectivity index (χ2n) is 4.20. The molecule has 1 aromatic carbocycles. The predicted molar refractivity (Wildman–Crippen MR) is 61.2 cm³/mol. The molecule has 17 heavy (non-hydrogen) atoms. The Morgan fingerprint density at radius 2 is 2.35 bits per heavy atom. The van der Waals surface area contributed by atoms with Gasteiger partial charge >= 0.3 is 0 Å². The van der Waals surface area contributed by atoms with Crippen molar-refractivity contribution >= 4 is 11.0 Å². The molecule has 0 radical (unpaired) electrons. The molecule has 1 fully saturated rings. The van der Waals surface area contributed by atoms with Gasteiger partial charge in [0.1, 0.15) is 5.52 Å². The summed E-state index contributed by atoms with van der Waals surface area (Å²) in [4.78, 5) is 0. The molecule has 0 bridgehead atoms. The van der Waals surface area contributed by atoms with Gasteiger partial charge in [-0.25, -0.2) is 4.68 Å². The Balaban J connectivity index is 1.80. The van der Waals surface area contributed by atoms with Crippen molar-refractivity contribution in [2.45, 2.75) is 25.5 Å². The minimum Gasteiger partial charge on any atom is -0.376 e. The molecule has 0 unspecified atom stereocenters. The van der Waals surface area contributed by atoms with E-state index in [2.05, 4.69) is 16.4 Å². The standard InChI is InChI=1S/C12H12N4O/c13-8-9-1-4-11-12(7-9)16(15-14-11)5-6-17-10-2-3-10/h1,4,7,10H,2-3,5-6H2. The van der Waals surface area contributed by atoms with Gasteiger partial charge in [-0.05, 0) is 31.0 Å². The Morgan fingerprint density at radius 1 is 1.47 bits per heavy atom. The lowest BCUT2D eigenvalue weighted by Gasteiger charge is -2.03. The maximum absolute atomic E-state index is 8.86. The van der Waals surface area contributed by atoms with E-state index >= 15 is 0 Å². The zero-order valence-corrected chi connectivity index (χ0v) is 9.33.